The van der Waals surface area contributed by atoms with Gasteiger partial charge in [-0.1, -0.05) is 274 Å². The van der Waals surface area contributed by atoms with Crippen LogP contribution in [0, 0.1) is 0 Å². The largest absolute Gasteiger partial charge is 0.472 e. The van der Waals surface area contributed by atoms with Gasteiger partial charge in [-0.05, 0) is 70.6 Å². The van der Waals surface area contributed by atoms with Crippen LogP contribution in [0.15, 0.2) is 48.6 Å². The first-order valence-electron chi connectivity index (χ1n) is 31.1. The second-order valence-corrected chi connectivity index (χ2v) is 22.3. The van der Waals surface area contributed by atoms with Gasteiger partial charge in [0.1, 0.15) is 6.61 Å². The third kappa shape index (κ3) is 59.1. The van der Waals surface area contributed by atoms with Crippen molar-refractivity contribution in [3.63, 3.8) is 0 Å². The molecule has 0 aliphatic rings. The van der Waals surface area contributed by atoms with Crippen molar-refractivity contribution < 1.29 is 37.6 Å². The van der Waals surface area contributed by atoms with Gasteiger partial charge in [-0.25, -0.2) is 4.57 Å². The van der Waals surface area contributed by atoms with E-state index < -0.39 is 26.5 Å². The Morgan fingerprint density at radius 2 is 0.753 bits per heavy atom. The fourth-order valence-electron chi connectivity index (χ4n) is 9.12. The molecule has 2 atom stereocenters. The molecule has 0 saturated carbocycles. The molecule has 73 heavy (non-hydrogen) atoms. The van der Waals surface area contributed by atoms with Crippen LogP contribution in [0.2, 0.25) is 0 Å². The molecule has 2 unspecified atom stereocenters. The average Bonchev–Trinajstić information content (AvgIpc) is 3.38. The van der Waals surface area contributed by atoms with Crippen molar-refractivity contribution in [1.29, 1.82) is 0 Å². The van der Waals surface area contributed by atoms with Gasteiger partial charge in [-0.3, -0.25) is 18.6 Å². The van der Waals surface area contributed by atoms with Gasteiger partial charge in [0.05, 0.1) is 13.2 Å². The van der Waals surface area contributed by atoms with Crippen LogP contribution in [0.5, 0.6) is 0 Å². The zero-order chi connectivity index (χ0) is 53.1. The first-order chi connectivity index (χ1) is 35.8. The maximum absolute atomic E-state index is 12.7. The molecule has 0 radical (unpaired) electrons. The van der Waals surface area contributed by atoms with E-state index in [2.05, 4.69) is 62.5 Å². The minimum Gasteiger partial charge on any atom is -0.462 e. The Labute approximate surface area is 451 Å². The van der Waals surface area contributed by atoms with Gasteiger partial charge in [0, 0.05) is 19.4 Å². The molecule has 0 aromatic heterocycles. The van der Waals surface area contributed by atoms with Crippen LogP contribution in [-0.4, -0.2) is 49.3 Å². The van der Waals surface area contributed by atoms with E-state index in [9.17, 15) is 19.0 Å². The van der Waals surface area contributed by atoms with Gasteiger partial charge < -0.3 is 20.1 Å². The standard InChI is InChI=1S/C63H118NO8P/c1-3-5-7-9-11-13-15-17-19-21-22-23-24-25-26-27-28-29-30-31-32-33-34-35-36-37-38-40-41-43-45-47-49-51-53-55-62(65)69-59-61(60-71-73(67,68)70-58-57-64)72-63(66)56-54-52-50-48-46-44-42-39-20-18-16-14-12-10-8-6-4-2/h6,8,12,14,18,20-22,61H,3-5,7,9-11,13,15-17,19,23-60,64H2,1-2H3,(H,67,68)/b8-6-,14-12-,20-18-,22-21-. The third-order valence-electron chi connectivity index (χ3n) is 13.7. The van der Waals surface area contributed by atoms with E-state index in [0.717, 1.165) is 64.2 Å². The zero-order valence-corrected chi connectivity index (χ0v) is 48.8. The van der Waals surface area contributed by atoms with E-state index in [-0.39, 0.29) is 38.6 Å². The molecule has 0 spiro atoms. The zero-order valence-electron chi connectivity index (χ0n) is 47.9. The molecule has 10 heteroatoms. The Morgan fingerprint density at radius 1 is 0.425 bits per heavy atom. The molecule has 0 aliphatic heterocycles. The number of ether oxygens (including phenoxy) is 2. The summed E-state index contributed by atoms with van der Waals surface area (Å²) >= 11 is 0. The second kappa shape index (κ2) is 59.2. The van der Waals surface area contributed by atoms with Crippen LogP contribution >= 0.6 is 7.82 Å². The molecule has 0 rings (SSSR count). The maximum Gasteiger partial charge on any atom is 0.472 e. The molecule has 0 aromatic carbocycles. The van der Waals surface area contributed by atoms with Crippen LogP contribution in [0.4, 0.5) is 0 Å². The summed E-state index contributed by atoms with van der Waals surface area (Å²) in [5, 5.41) is 0. The number of hydrogen-bond acceptors (Lipinski definition) is 8. The van der Waals surface area contributed by atoms with Crippen molar-refractivity contribution in [2.45, 2.75) is 315 Å². The molecule has 428 valence electrons. The Morgan fingerprint density at radius 3 is 1.14 bits per heavy atom. The third-order valence-corrected chi connectivity index (χ3v) is 14.7. The summed E-state index contributed by atoms with van der Waals surface area (Å²) in [6.07, 6.45) is 73.5. The number of phosphoric acid groups is 1. The van der Waals surface area contributed by atoms with Gasteiger partial charge in [0.2, 0.25) is 0 Å². The molecule has 0 saturated heterocycles. The highest BCUT2D eigenvalue weighted by atomic mass is 31.2. The molecular weight excluding hydrogens is 930 g/mol. The van der Waals surface area contributed by atoms with Gasteiger partial charge in [-0.15, -0.1) is 0 Å². The summed E-state index contributed by atoms with van der Waals surface area (Å²) in [7, 11) is -4.39. The van der Waals surface area contributed by atoms with Crippen molar-refractivity contribution in [3.8, 4) is 0 Å². The molecule has 9 nitrogen and oxygen atoms in total. The number of hydrogen-bond donors (Lipinski definition) is 2. The molecule has 0 bridgehead atoms. The monoisotopic (exact) mass is 1050 g/mol. The molecule has 0 amide bonds. The van der Waals surface area contributed by atoms with Gasteiger partial charge >= 0.3 is 19.8 Å². The lowest BCUT2D eigenvalue weighted by Crippen LogP contribution is -2.29. The number of carbonyl (C=O) groups excluding carboxylic acids is 2. The van der Waals surface area contributed by atoms with Crippen molar-refractivity contribution in [2.24, 2.45) is 5.73 Å². The highest BCUT2D eigenvalue weighted by Gasteiger charge is 2.26. The lowest BCUT2D eigenvalue weighted by Gasteiger charge is -2.19. The predicted molar refractivity (Wildman–Crippen MR) is 312 cm³/mol. The highest BCUT2D eigenvalue weighted by Crippen LogP contribution is 2.43. The summed E-state index contributed by atoms with van der Waals surface area (Å²) in [5.74, 6) is -0.827. The second-order valence-electron chi connectivity index (χ2n) is 20.9. The molecule has 0 heterocycles. The topological polar surface area (TPSA) is 134 Å². The highest BCUT2D eigenvalue weighted by molar-refractivity contribution is 7.47. The fraction of sp³-hybridized carbons (Fsp3) is 0.841. The molecule has 0 aromatic rings. The number of allylic oxidation sites excluding steroid dienone is 8. The number of esters is 2. The van der Waals surface area contributed by atoms with Gasteiger partial charge in [-0.2, -0.15) is 0 Å². The number of phosphoric ester groups is 1. The van der Waals surface area contributed by atoms with Crippen molar-refractivity contribution in [1.82, 2.24) is 0 Å². The van der Waals surface area contributed by atoms with Crippen LogP contribution in [0.25, 0.3) is 0 Å². The minimum absolute atomic E-state index is 0.0517. The first kappa shape index (κ1) is 71.0. The van der Waals surface area contributed by atoms with E-state index in [1.54, 1.807) is 0 Å². The average molecular weight is 1050 g/mol. The SMILES string of the molecule is CC/C=C\C/C=C\C/C=C\CCCCCCCCCC(=O)OC(COC(=O)CCCCCCCCCCCCCCCCCCCCCCCCC/C=C\CCCCCCCCCC)COP(=O)(O)OCCN. The number of rotatable bonds is 59. The lowest BCUT2D eigenvalue weighted by atomic mass is 10.0. The van der Waals surface area contributed by atoms with Gasteiger partial charge in [0.15, 0.2) is 6.10 Å². The molecule has 0 aliphatic carbocycles. The lowest BCUT2D eigenvalue weighted by molar-refractivity contribution is -0.161. The summed E-state index contributed by atoms with van der Waals surface area (Å²) < 4.78 is 33.0. The summed E-state index contributed by atoms with van der Waals surface area (Å²) in [5.41, 5.74) is 5.38. The quantitative estimate of drug-likeness (QED) is 0.0264. The van der Waals surface area contributed by atoms with E-state index in [1.165, 1.54) is 212 Å². The molecule has 0 fully saturated rings. The fourth-order valence-corrected chi connectivity index (χ4v) is 9.88. The van der Waals surface area contributed by atoms with Crippen molar-refractivity contribution in [3.05, 3.63) is 48.6 Å². The maximum atomic E-state index is 12.7. The van der Waals surface area contributed by atoms with Crippen LogP contribution < -0.4 is 5.73 Å². The van der Waals surface area contributed by atoms with Crippen LogP contribution in [0.1, 0.15) is 309 Å². The van der Waals surface area contributed by atoms with Crippen LogP contribution in [0.3, 0.4) is 0 Å². The Balaban J connectivity index is 3.80. The first-order valence-corrected chi connectivity index (χ1v) is 32.6. The summed E-state index contributed by atoms with van der Waals surface area (Å²) in [4.78, 5) is 35.2. The van der Waals surface area contributed by atoms with Crippen molar-refractivity contribution >= 4 is 19.8 Å². The summed E-state index contributed by atoms with van der Waals surface area (Å²) in [6, 6.07) is 0. The summed E-state index contributed by atoms with van der Waals surface area (Å²) in [6.45, 7) is 3.66. The normalized spacial score (nSPS) is 13.3. The Hall–Kier alpha value is -2.03. The Kier molecular flexibility index (Phi) is 57.6. The smallest absolute Gasteiger partial charge is 0.462 e. The predicted octanol–water partition coefficient (Wildman–Crippen LogP) is 19.7. The molecule has 3 N–H and O–H groups in total. The Bertz CT molecular complexity index is 1330. The number of carbonyl (C=O) groups is 2. The van der Waals surface area contributed by atoms with Crippen molar-refractivity contribution in [2.75, 3.05) is 26.4 Å². The number of nitrogens with two attached hydrogens (primary N) is 1. The van der Waals surface area contributed by atoms with Crippen LogP contribution in [-0.2, 0) is 32.7 Å². The van der Waals surface area contributed by atoms with Gasteiger partial charge in [0.25, 0.3) is 0 Å². The van der Waals surface area contributed by atoms with E-state index in [1.807, 2.05) is 0 Å². The molecular formula is C63H118NO8P. The van der Waals surface area contributed by atoms with E-state index >= 15 is 0 Å². The van der Waals surface area contributed by atoms with E-state index in [4.69, 9.17) is 24.3 Å². The number of unbranched alkanes of at least 4 members (excludes halogenated alkanes) is 38. The van der Waals surface area contributed by atoms with E-state index in [0.29, 0.717) is 6.42 Å². The minimum atomic E-state index is -4.39.